The largest absolute Gasteiger partial charge is 0.508 e. The fourth-order valence-electron chi connectivity index (χ4n) is 1.55. The second-order valence-corrected chi connectivity index (χ2v) is 4.24. The molecule has 0 amide bonds. The quantitative estimate of drug-likeness (QED) is 0.822. The topological polar surface area (TPSA) is 29.5 Å². The average Bonchev–Trinajstić information content (AvgIpc) is 2.19. The Balaban J connectivity index is 2.92. The summed E-state index contributed by atoms with van der Waals surface area (Å²) in [5.74, 6) is 1.77. The van der Waals surface area contributed by atoms with Gasteiger partial charge in [-0.1, -0.05) is 20.8 Å². The molecule has 2 nitrogen and oxygen atoms in total. The highest BCUT2D eigenvalue weighted by molar-refractivity contribution is 5.47. The fraction of sp³-hybridized carbons (Fsp3) is 0.538. The van der Waals surface area contributed by atoms with Crippen molar-refractivity contribution >= 4 is 0 Å². The summed E-state index contributed by atoms with van der Waals surface area (Å²) in [4.78, 5) is 0. The molecular formula is C13H20O2. The van der Waals surface area contributed by atoms with Crippen LogP contribution in [0.5, 0.6) is 11.5 Å². The number of hydrogen-bond donors (Lipinski definition) is 1. The van der Waals surface area contributed by atoms with E-state index in [0.29, 0.717) is 11.7 Å². The Labute approximate surface area is 91.9 Å². The molecule has 0 heterocycles. The Morgan fingerprint density at radius 2 is 2.00 bits per heavy atom. The number of hydrogen-bond acceptors (Lipinski definition) is 2. The summed E-state index contributed by atoms with van der Waals surface area (Å²) >= 11 is 0. The van der Waals surface area contributed by atoms with Crippen molar-refractivity contribution in [3.05, 3.63) is 23.3 Å². The Kier molecular flexibility index (Phi) is 4.01. The molecule has 1 aromatic carbocycles. The van der Waals surface area contributed by atoms with Gasteiger partial charge in [0.2, 0.25) is 0 Å². The minimum atomic E-state index is 0.351. The molecule has 2 heteroatoms. The zero-order valence-electron chi connectivity index (χ0n) is 10.0. The van der Waals surface area contributed by atoms with Crippen LogP contribution in [-0.4, -0.2) is 11.7 Å². The first kappa shape index (κ1) is 11.9. The molecule has 0 aliphatic carbocycles. The second-order valence-electron chi connectivity index (χ2n) is 4.24. The van der Waals surface area contributed by atoms with Crippen molar-refractivity contribution in [2.75, 3.05) is 6.61 Å². The lowest BCUT2D eigenvalue weighted by Gasteiger charge is -2.15. The molecule has 0 saturated heterocycles. The standard InChI is InChI=1S/C13H20O2/c1-5-11-10(4)12(14)6-7-13(11)15-8-9(2)3/h6-7,9,14H,5,8H2,1-4H3. The molecule has 0 aliphatic heterocycles. The summed E-state index contributed by atoms with van der Waals surface area (Å²) in [7, 11) is 0. The van der Waals surface area contributed by atoms with Gasteiger partial charge in [-0.2, -0.15) is 0 Å². The molecule has 0 spiro atoms. The Hall–Kier alpha value is -1.18. The van der Waals surface area contributed by atoms with E-state index in [1.807, 2.05) is 13.0 Å². The van der Waals surface area contributed by atoms with Gasteiger partial charge < -0.3 is 9.84 Å². The number of benzene rings is 1. The van der Waals surface area contributed by atoms with E-state index < -0.39 is 0 Å². The van der Waals surface area contributed by atoms with Crippen LogP contribution in [0.1, 0.15) is 31.9 Å². The third-order valence-electron chi connectivity index (χ3n) is 2.45. The van der Waals surface area contributed by atoms with Crippen LogP contribution in [0.2, 0.25) is 0 Å². The van der Waals surface area contributed by atoms with Gasteiger partial charge in [0, 0.05) is 5.56 Å². The van der Waals surface area contributed by atoms with Crippen LogP contribution in [0.3, 0.4) is 0 Å². The number of phenols is 1. The third kappa shape index (κ3) is 2.88. The zero-order valence-corrected chi connectivity index (χ0v) is 10.0. The van der Waals surface area contributed by atoms with E-state index in [1.54, 1.807) is 6.07 Å². The highest BCUT2D eigenvalue weighted by atomic mass is 16.5. The van der Waals surface area contributed by atoms with Crippen LogP contribution in [0.15, 0.2) is 12.1 Å². The highest BCUT2D eigenvalue weighted by Crippen LogP contribution is 2.29. The molecule has 15 heavy (non-hydrogen) atoms. The van der Waals surface area contributed by atoms with Crippen LogP contribution in [0.25, 0.3) is 0 Å². The molecule has 0 unspecified atom stereocenters. The first-order chi connectivity index (χ1) is 7.06. The minimum absolute atomic E-state index is 0.351. The van der Waals surface area contributed by atoms with Crippen LogP contribution in [0, 0.1) is 12.8 Å². The van der Waals surface area contributed by atoms with Crippen LogP contribution >= 0.6 is 0 Å². The second kappa shape index (κ2) is 5.06. The fourth-order valence-corrected chi connectivity index (χ4v) is 1.55. The molecule has 0 saturated carbocycles. The van der Waals surface area contributed by atoms with E-state index in [1.165, 1.54) is 0 Å². The first-order valence-corrected chi connectivity index (χ1v) is 5.50. The van der Waals surface area contributed by atoms with Gasteiger partial charge in [-0.15, -0.1) is 0 Å². The van der Waals surface area contributed by atoms with Crippen molar-refractivity contribution in [3.8, 4) is 11.5 Å². The predicted molar refractivity (Wildman–Crippen MR) is 62.6 cm³/mol. The van der Waals surface area contributed by atoms with Gasteiger partial charge in [-0.3, -0.25) is 0 Å². The number of aromatic hydroxyl groups is 1. The Morgan fingerprint density at radius 3 is 2.53 bits per heavy atom. The van der Waals surface area contributed by atoms with Gasteiger partial charge >= 0.3 is 0 Å². The summed E-state index contributed by atoms with van der Waals surface area (Å²) < 4.78 is 5.71. The van der Waals surface area contributed by atoms with Gasteiger partial charge in [-0.05, 0) is 37.0 Å². The molecule has 84 valence electrons. The van der Waals surface area contributed by atoms with E-state index in [4.69, 9.17) is 4.74 Å². The normalized spacial score (nSPS) is 10.7. The molecule has 1 rings (SSSR count). The predicted octanol–water partition coefficient (Wildman–Crippen LogP) is 3.30. The van der Waals surface area contributed by atoms with Gasteiger partial charge in [0.15, 0.2) is 0 Å². The lowest BCUT2D eigenvalue weighted by molar-refractivity contribution is 0.268. The van der Waals surface area contributed by atoms with E-state index in [9.17, 15) is 5.11 Å². The highest BCUT2D eigenvalue weighted by Gasteiger charge is 2.09. The van der Waals surface area contributed by atoms with Gasteiger partial charge in [0.25, 0.3) is 0 Å². The number of phenolic OH excluding ortho intramolecular Hbond substituents is 1. The van der Waals surface area contributed by atoms with Crippen LogP contribution in [0.4, 0.5) is 0 Å². The number of ether oxygens (including phenoxy) is 1. The van der Waals surface area contributed by atoms with E-state index >= 15 is 0 Å². The van der Waals surface area contributed by atoms with Crippen molar-refractivity contribution < 1.29 is 9.84 Å². The van der Waals surface area contributed by atoms with Gasteiger partial charge in [-0.25, -0.2) is 0 Å². The molecular weight excluding hydrogens is 188 g/mol. The summed E-state index contributed by atoms with van der Waals surface area (Å²) in [6.45, 7) is 8.97. The van der Waals surface area contributed by atoms with E-state index in [-0.39, 0.29) is 0 Å². The minimum Gasteiger partial charge on any atom is -0.508 e. The monoisotopic (exact) mass is 208 g/mol. The van der Waals surface area contributed by atoms with Crippen molar-refractivity contribution in [3.63, 3.8) is 0 Å². The molecule has 0 fully saturated rings. The van der Waals surface area contributed by atoms with Crippen molar-refractivity contribution in [2.24, 2.45) is 5.92 Å². The molecule has 0 aliphatic rings. The molecule has 1 N–H and O–H groups in total. The summed E-state index contributed by atoms with van der Waals surface area (Å²) in [6, 6.07) is 3.55. The van der Waals surface area contributed by atoms with E-state index in [0.717, 1.165) is 29.9 Å². The summed E-state index contributed by atoms with van der Waals surface area (Å²) in [6.07, 6.45) is 0.883. The lowest BCUT2D eigenvalue weighted by atomic mass is 10.0. The molecule has 0 aromatic heterocycles. The van der Waals surface area contributed by atoms with Crippen molar-refractivity contribution in [1.82, 2.24) is 0 Å². The van der Waals surface area contributed by atoms with Crippen LogP contribution < -0.4 is 4.74 Å². The summed E-state index contributed by atoms with van der Waals surface area (Å²) in [5.41, 5.74) is 2.04. The first-order valence-electron chi connectivity index (χ1n) is 5.50. The number of rotatable bonds is 4. The SMILES string of the molecule is CCc1c(OCC(C)C)ccc(O)c1C. The molecule has 0 atom stereocenters. The Bertz CT molecular complexity index is 330. The Morgan fingerprint density at radius 1 is 1.33 bits per heavy atom. The van der Waals surface area contributed by atoms with Crippen LogP contribution in [-0.2, 0) is 6.42 Å². The van der Waals surface area contributed by atoms with Gasteiger partial charge in [0.05, 0.1) is 6.61 Å². The van der Waals surface area contributed by atoms with Crippen molar-refractivity contribution in [1.29, 1.82) is 0 Å². The maximum atomic E-state index is 9.58. The van der Waals surface area contributed by atoms with E-state index in [2.05, 4.69) is 20.8 Å². The average molecular weight is 208 g/mol. The maximum absolute atomic E-state index is 9.58. The molecule has 1 aromatic rings. The van der Waals surface area contributed by atoms with Gasteiger partial charge in [0.1, 0.15) is 11.5 Å². The van der Waals surface area contributed by atoms with Crippen molar-refractivity contribution in [2.45, 2.75) is 34.1 Å². The molecule has 0 radical (unpaired) electrons. The zero-order chi connectivity index (χ0) is 11.4. The summed E-state index contributed by atoms with van der Waals surface area (Å²) in [5, 5.41) is 9.58. The smallest absolute Gasteiger partial charge is 0.123 e. The maximum Gasteiger partial charge on any atom is 0.123 e. The lowest BCUT2D eigenvalue weighted by Crippen LogP contribution is -2.06. The third-order valence-corrected chi connectivity index (χ3v) is 2.45. The molecule has 0 bridgehead atoms.